The highest BCUT2D eigenvalue weighted by molar-refractivity contribution is 6.32. The predicted octanol–water partition coefficient (Wildman–Crippen LogP) is 4.20. The van der Waals surface area contributed by atoms with Gasteiger partial charge in [0, 0.05) is 18.2 Å². The monoisotopic (exact) mass is 267 g/mol. The molecule has 1 aromatic carbocycles. The third-order valence-electron chi connectivity index (χ3n) is 3.94. The van der Waals surface area contributed by atoms with E-state index in [0.29, 0.717) is 11.1 Å². The van der Waals surface area contributed by atoms with Gasteiger partial charge in [-0.05, 0) is 26.0 Å². The molecule has 0 heterocycles. The molecule has 1 aliphatic carbocycles. The molecule has 0 saturated heterocycles. The highest BCUT2D eigenvalue weighted by Gasteiger charge is 2.18. The maximum absolute atomic E-state index is 9.94. The van der Waals surface area contributed by atoms with Crippen LogP contribution in [0.3, 0.4) is 0 Å². The predicted molar refractivity (Wildman–Crippen MR) is 76.1 cm³/mol. The molecule has 2 rings (SSSR count). The number of nitrogens with zero attached hydrogens (tertiary/aromatic N) is 1. The summed E-state index contributed by atoms with van der Waals surface area (Å²) in [6.07, 6.45) is 7.95. The minimum atomic E-state index is 0.236. The van der Waals surface area contributed by atoms with Crippen molar-refractivity contribution < 1.29 is 5.11 Å². The van der Waals surface area contributed by atoms with Crippen LogP contribution in [0.4, 0.5) is 0 Å². The molecule has 1 aromatic rings. The molecule has 1 fully saturated rings. The molecule has 1 aliphatic rings. The van der Waals surface area contributed by atoms with Crippen molar-refractivity contribution in [2.24, 2.45) is 0 Å². The van der Waals surface area contributed by atoms with E-state index in [-0.39, 0.29) is 5.75 Å². The molecule has 0 radical (unpaired) electrons. The summed E-state index contributed by atoms with van der Waals surface area (Å²) >= 11 is 5.94. The van der Waals surface area contributed by atoms with E-state index in [9.17, 15) is 5.11 Å². The Bertz CT molecular complexity index is 386. The molecular formula is C15H22ClNO. The van der Waals surface area contributed by atoms with E-state index in [0.717, 1.165) is 12.1 Å². The molecule has 1 saturated carbocycles. The third kappa shape index (κ3) is 3.39. The van der Waals surface area contributed by atoms with E-state index < -0.39 is 0 Å². The summed E-state index contributed by atoms with van der Waals surface area (Å²) in [5.41, 5.74) is 0.925. The van der Waals surface area contributed by atoms with Crippen LogP contribution in [0.25, 0.3) is 0 Å². The Kier molecular flexibility index (Phi) is 4.90. The third-order valence-corrected chi connectivity index (χ3v) is 4.24. The van der Waals surface area contributed by atoms with E-state index in [2.05, 4.69) is 11.9 Å². The summed E-state index contributed by atoms with van der Waals surface area (Å²) in [6.45, 7) is 0.775. The first-order valence-corrected chi connectivity index (χ1v) is 7.23. The number of hydrogen-bond acceptors (Lipinski definition) is 2. The maximum Gasteiger partial charge on any atom is 0.138 e. The van der Waals surface area contributed by atoms with Gasteiger partial charge in [0.2, 0.25) is 0 Å². The van der Waals surface area contributed by atoms with Gasteiger partial charge in [0.05, 0.1) is 5.02 Å². The smallest absolute Gasteiger partial charge is 0.138 e. The van der Waals surface area contributed by atoms with Gasteiger partial charge in [-0.3, -0.25) is 4.90 Å². The van der Waals surface area contributed by atoms with Crippen LogP contribution in [0.15, 0.2) is 18.2 Å². The quantitative estimate of drug-likeness (QED) is 0.830. The minimum absolute atomic E-state index is 0.236. The first-order chi connectivity index (χ1) is 8.68. The Morgan fingerprint density at radius 1 is 1.22 bits per heavy atom. The molecule has 0 unspecified atom stereocenters. The normalized spacial score (nSPS) is 17.9. The lowest BCUT2D eigenvalue weighted by Crippen LogP contribution is -2.30. The van der Waals surface area contributed by atoms with Crippen molar-refractivity contribution in [3.63, 3.8) is 0 Å². The van der Waals surface area contributed by atoms with Crippen molar-refractivity contribution in [1.82, 2.24) is 4.90 Å². The summed E-state index contributed by atoms with van der Waals surface area (Å²) in [5.74, 6) is 0.236. The van der Waals surface area contributed by atoms with Gasteiger partial charge in [-0.25, -0.2) is 0 Å². The molecule has 2 nitrogen and oxygen atoms in total. The molecule has 0 aliphatic heterocycles. The number of para-hydroxylation sites is 1. The van der Waals surface area contributed by atoms with Crippen LogP contribution in [-0.4, -0.2) is 23.1 Å². The summed E-state index contributed by atoms with van der Waals surface area (Å²) in [4.78, 5) is 2.36. The fraction of sp³-hybridized carbons (Fsp3) is 0.600. The van der Waals surface area contributed by atoms with Crippen molar-refractivity contribution in [3.05, 3.63) is 28.8 Å². The van der Waals surface area contributed by atoms with Crippen LogP contribution >= 0.6 is 11.6 Å². The lowest BCUT2D eigenvalue weighted by atomic mass is 10.1. The number of phenols is 1. The Labute approximate surface area is 115 Å². The first kappa shape index (κ1) is 13.7. The second kappa shape index (κ2) is 6.44. The molecule has 1 N–H and O–H groups in total. The zero-order valence-corrected chi connectivity index (χ0v) is 11.8. The van der Waals surface area contributed by atoms with Crippen molar-refractivity contribution in [2.75, 3.05) is 7.05 Å². The van der Waals surface area contributed by atoms with E-state index in [1.54, 1.807) is 6.07 Å². The van der Waals surface area contributed by atoms with Crippen molar-refractivity contribution in [2.45, 2.75) is 51.1 Å². The van der Waals surface area contributed by atoms with Gasteiger partial charge in [0.1, 0.15) is 5.75 Å². The Balaban J connectivity index is 2.01. The fourth-order valence-electron chi connectivity index (χ4n) is 2.78. The van der Waals surface area contributed by atoms with E-state index in [1.165, 1.54) is 38.5 Å². The lowest BCUT2D eigenvalue weighted by Gasteiger charge is -2.27. The second-order valence-electron chi connectivity index (χ2n) is 5.31. The van der Waals surface area contributed by atoms with Crippen LogP contribution in [0.2, 0.25) is 5.02 Å². The standard InChI is InChI=1S/C15H22ClNO/c1-17(13-8-4-2-3-5-9-13)11-12-7-6-10-14(16)15(12)18/h6-7,10,13,18H,2-5,8-9,11H2,1H3. The highest BCUT2D eigenvalue weighted by atomic mass is 35.5. The van der Waals surface area contributed by atoms with Crippen LogP contribution in [-0.2, 0) is 6.54 Å². The first-order valence-electron chi connectivity index (χ1n) is 6.85. The molecule has 0 aromatic heterocycles. The Morgan fingerprint density at radius 2 is 1.89 bits per heavy atom. The maximum atomic E-state index is 9.94. The minimum Gasteiger partial charge on any atom is -0.506 e. The number of rotatable bonds is 3. The molecule has 18 heavy (non-hydrogen) atoms. The topological polar surface area (TPSA) is 23.5 Å². The number of aromatic hydroxyl groups is 1. The van der Waals surface area contributed by atoms with Crippen LogP contribution < -0.4 is 0 Å². The molecule has 0 atom stereocenters. The highest BCUT2D eigenvalue weighted by Crippen LogP contribution is 2.29. The van der Waals surface area contributed by atoms with Crippen molar-refractivity contribution in [1.29, 1.82) is 0 Å². The van der Waals surface area contributed by atoms with Crippen molar-refractivity contribution >= 4 is 11.6 Å². The fourth-order valence-corrected chi connectivity index (χ4v) is 2.98. The molecule has 0 bridgehead atoms. The molecule has 3 heteroatoms. The Hall–Kier alpha value is -0.730. The van der Waals surface area contributed by atoms with Gasteiger partial charge >= 0.3 is 0 Å². The Morgan fingerprint density at radius 3 is 2.56 bits per heavy atom. The van der Waals surface area contributed by atoms with E-state index in [1.807, 2.05) is 12.1 Å². The van der Waals surface area contributed by atoms with Crippen LogP contribution in [0.5, 0.6) is 5.75 Å². The molecule has 0 spiro atoms. The average Bonchev–Trinajstić information content (AvgIpc) is 2.63. The van der Waals surface area contributed by atoms with Gasteiger partial charge in [0.15, 0.2) is 0 Å². The summed E-state index contributed by atoms with van der Waals surface area (Å²) < 4.78 is 0. The second-order valence-corrected chi connectivity index (χ2v) is 5.72. The number of phenolic OH excluding ortho intramolecular Hbond substituents is 1. The van der Waals surface area contributed by atoms with Crippen LogP contribution in [0.1, 0.15) is 44.1 Å². The van der Waals surface area contributed by atoms with Gasteiger partial charge < -0.3 is 5.11 Å². The summed E-state index contributed by atoms with van der Waals surface area (Å²) in [5, 5.41) is 10.4. The molecule has 0 amide bonds. The van der Waals surface area contributed by atoms with Gasteiger partial charge in [-0.15, -0.1) is 0 Å². The zero-order chi connectivity index (χ0) is 13.0. The van der Waals surface area contributed by atoms with Gasteiger partial charge in [-0.1, -0.05) is 49.4 Å². The number of halogens is 1. The van der Waals surface area contributed by atoms with Gasteiger partial charge in [-0.2, -0.15) is 0 Å². The van der Waals surface area contributed by atoms with E-state index in [4.69, 9.17) is 11.6 Å². The van der Waals surface area contributed by atoms with E-state index >= 15 is 0 Å². The number of hydrogen-bond donors (Lipinski definition) is 1. The SMILES string of the molecule is CN(Cc1cccc(Cl)c1O)C1CCCCCC1. The molecule has 100 valence electrons. The van der Waals surface area contributed by atoms with Gasteiger partial charge in [0.25, 0.3) is 0 Å². The summed E-state index contributed by atoms with van der Waals surface area (Å²) in [6, 6.07) is 6.23. The van der Waals surface area contributed by atoms with Crippen molar-refractivity contribution in [3.8, 4) is 5.75 Å². The average molecular weight is 268 g/mol. The molecular weight excluding hydrogens is 246 g/mol. The largest absolute Gasteiger partial charge is 0.506 e. The lowest BCUT2D eigenvalue weighted by molar-refractivity contribution is 0.211. The van der Waals surface area contributed by atoms with Crippen LogP contribution in [0, 0.1) is 0 Å². The summed E-state index contributed by atoms with van der Waals surface area (Å²) in [7, 11) is 2.15. The number of benzene rings is 1. The zero-order valence-electron chi connectivity index (χ0n) is 11.0.